The molecule has 1 aromatic rings. The van der Waals surface area contributed by atoms with E-state index in [0.717, 1.165) is 9.34 Å². The van der Waals surface area contributed by atoms with Crippen molar-refractivity contribution >= 4 is 28.9 Å². The zero-order chi connectivity index (χ0) is 11.8. The Kier molecular flexibility index (Phi) is 2.96. The fraction of sp³-hybridized carbons (Fsp3) is 0.636. The molecular formula is C11H15ClN4S. The zero-order valence-corrected chi connectivity index (χ0v) is 11.0. The molecule has 1 unspecified atom stereocenters. The number of guanidine groups is 1. The zero-order valence-electron chi connectivity index (χ0n) is 9.47. The lowest BCUT2D eigenvalue weighted by atomic mass is 10.1. The molecule has 3 rings (SSSR count). The molecule has 0 spiro atoms. The summed E-state index contributed by atoms with van der Waals surface area (Å²) < 4.78 is 0.733. The monoisotopic (exact) mass is 270 g/mol. The second kappa shape index (κ2) is 4.46. The van der Waals surface area contributed by atoms with Crippen LogP contribution in [0.25, 0.3) is 0 Å². The largest absolute Gasteiger partial charge is 0.370 e. The highest BCUT2D eigenvalue weighted by Crippen LogP contribution is 2.36. The first-order valence-corrected chi connectivity index (χ1v) is 7.14. The fourth-order valence-electron chi connectivity index (χ4n) is 2.75. The van der Waals surface area contributed by atoms with Crippen LogP contribution in [0.2, 0.25) is 4.34 Å². The van der Waals surface area contributed by atoms with Gasteiger partial charge < -0.3 is 10.6 Å². The van der Waals surface area contributed by atoms with Gasteiger partial charge in [0, 0.05) is 6.04 Å². The Labute approximate surface area is 109 Å². The number of aromatic nitrogens is 1. The van der Waals surface area contributed by atoms with Crippen molar-refractivity contribution in [2.24, 2.45) is 10.7 Å². The predicted octanol–water partition coefficient (Wildman–Crippen LogP) is 2.41. The second-order valence-electron chi connectivity index (χ2n) is 4.56. The molecule has 4 nitrogen and oxygen atoms in total. The van der Waals surface area contributed by atoms with E-state index >= 15 is 0 Å². The third-order valence-electron chi connectivity index (χ3n) is 3.53. The van der Waals surface area contributed by atoms with Crippen LogP contribution < -0.4 is 5.73 Å². The molecule has 1 fully saturated rings. The van der Waals surface area contributed by atoms with E-state index in [1.54, 1.807) is 6.20 Å². The van der Waals surface area contributed by atoms with Crippen LogP contribution in [0, 0.1) is 0 Å². The van der Waals surface area contributed by atoms with Crippen LogP contribution in [0.3, 0.4) is 0 Å². The molecule has 1 aliphatic heterocycles. The first-order valence-electron chi connectivity index (χ1n) is 5.95. The maximum absolute atomic E-state index is 6.01. The lowest BCUT2D eigenvalue weighted by molar-refractivity contribution is 0.261. The Morgan fingerprint density at radius 2 is 2.18 bits per heavy atom. The van der Waals surface area contributed by atoms with E-state index in [1.165, 1.54) is 37.0 Å². The summed E-state index contributed by atoms with van der Waals surface area (Å²) in [4.78, 5) is 11.0. The molecule has 1 saturated carbocycles. The van der Waals surface area contributed by atoms with Gasteiger partial charge in [-0.05, 0) is 12.8 Å². The number of rotatable bonds is 2. The van der Waals surface area contributed by atoms with Crippen molar-refractivity contribution in [3.63, 3.8) is 0 Å². The van der Waals surface area contributed by atoms with Crippen molar-refractivity contribution in [1.82, 2.24) is 9.88 Å². The van der Waals surface area contributed by atoms with Gasteiger partial charge in [-0.15, -0.1) is 11.3 Å². The minimum Gasteiger partial charge on any atom is -0.370 e. The Hall–Kier alpha value is -0.810. The number of hydrogen-bond donors (Lipinski definition) is 1. The van der Waals surface area contributed by atoms with Crippen LogP contribution >= 0.6 is 22.9 Å². The topological polar surface area (TPSA) is 54.5 Å². The SMILES string of the molecule is NC1=NCC(c2ncc(Cl)s2)N1C1CCCC1. The summed E-state index contributed by atoms with van der Waals surface area (Å²) in [6.45, 7) is 0.714. The average Bonchev–Trinajstić information content (AvgIpc) is 2.97. The van der Waals surface area contributed by atoms with E-state index in [9.17, 15) is 0 Å². The van der Waals surface area contributed by atoms with E-state index < -0.39 is 0 Å². The molecule has 2 aliphatic rings. The Morgan fingerprint density at radius 3 is 2.82 bits per heavy atom. The fourth-order valence-corrected chi connectivity index (χ4v) is 3.77. The van der Waals surface area contributed by atoms with E-state index in [-0.39, 0.29) is 6.04 Å². The molecule has 0 aromatic carbocycles. The molecule has 1 aliphatic carbocycles. The Balaban J connectivity index is 1.85. The lowest BCUT2D eigenvalue weighted by Gasteiger charge is -2.30. The second-order valence-corrected chi connectivity index (χ2v) is 6.26. The number of halogens is 1. The van der Waals surface area contributed by atoms with Crippen molar-refractivity contribution in [1.29, 1.82) is 0 Å². The van der Waals surface area contributed by atoms with Gasteiger partial charge in [0.05, 0.1) is 12.7 Å². The third kappa shape index (κ3) is 2.02. The van der Waals surface area contributed by atoms with Crippen LogP contribution in [0.5, 0.6) is 0 Å². The van der Waals surface area contributed by atoms with Crippen molar-refractivity contribution in [2.75, 3.05) is 6.54 Å². The molecule has 17 heavy (non-hydrogen) atoms. The molecule has 2 N–H and O–H groups in total. The molecule has 0 bridgehead atoms. The number of hydrogen-bond acceptors (Lipinski definition) is 5. The van der Waals surface area contributed by atoms with Gasteiger partial charge in [0.25, 0.3) is 0 Å². The normalized spacial score (nSPS) is 25.6. The van der Waals surface area contributed by atoms with Crippen LogP contribution in [0.4, 0.5) is 0 Å². The minimum absolute atomic E-state index is 0.204. The van der Waals surface area contributed by atoms with Gasteiger partial charge in [0.15, 0.2) is 5.96 Å². The van der Waals surface area contributed by atoms with Gasteiger partial charge in [0.2, 0.25) is 0 Å². The standard InChI is InChI=1S/C11H15ClN4S/c12-9-6-14-10(17-9)8-5-15-11(13)16(8)7-3-1-2-4-7/h6-8H,1-5H2,(H2,13,15). The van der Waals surface area contributed by atoms with Crippen LogP contribution in [-0.2, 0) is 0 Å². The van der Waals surface area contributed by atoms with Gasteiger partial charge in [-0.2, -0.15) is 0 Å². The summed E-state index contributed by atoms with van der Waals surface area (Å²) in [6, 6.07) is 0.740. The molecule has 1 atom stereocenters. The molecule has 0 amide bonds. The smallest absolute Gasteiger partial charge is 0.192 e. The number of aliphatic imine (C=N–C) groups is 1. The van der Waals surface area contributed by atoms with Gasteiger partial charge in [-0.3, -0.25) is 4.99 Å². The number of thiazole rings is 1. The maximum atomic E-state index is 6.01. The lowest BCUT2D eigenvalue weighted by Crippen LogP contribution is -2.42. The summed E-state index contributed by atoms with van der Waals surface area (Å²) in [6.07, 6.45) is 6.72. The quantitative estimate of drug-likeness (QED) is 0.898. The van der Waals surface area contributed by atoms with Crippen molar-refractivity contribution in [3.8, 4) is 0 Å². The van der Waals surface area contributed by atoms with Crippen LogP contribution in [0.15, 0.2) is 11.2 Å². The Morgan fingerprint density at radius 1 is 1.41 bits per heavy atom. The van der Waals surface area contributed by atoms with Crippen LogP contribution in [-0.4, -0.2) is 28.4 Å². The van der Waals surface area contributed by atoms with Gasteiger partial charge in [-0.25, -0.2) is 4.98 Å². The van der Waals surface area contributed by atoms with Crippen molar-refractivity contribution < 1.29 is 0 Å². The van der Waals surface area contributed by atoms with E-state index in [0.29, 0.717) is 18.5 Å². The van der Waals surface area contributed by atoms with Gasteiger partial charge in [-0.1, -0.05) is 24.4 Å². The minimum atomic E-state index is 0.204. The van der Waals surface area contributed by atoms with Crippen molar-refractivity contribution in [2.45, 2.75) is 37.8 Å². The number of nitrogens with zero attached hydrogens (tertiary/aromatic N) is 3. The number of nitrogens with two attached hydrogens (primary N) is 1. The van der Waals surface area contributed by atoms with Crippen LogP contribution in [0.1, 0.15) is 36.7 Å². The summed E-state index contributed by atoms with van der Waals surface area (Å²) >= 11 is 7.48. The molecule has 92 valence electrons. The van der Waals surface area contributed by atoms with Crippen molar-refractivity contribution in [3.05, 3.63) is 15.5 Å². The first kappa shape index (κ1) is 11.3. The summed E-state index contributed by atoms with van der Waals surface area (Å²) in [5.74, 6) is 0.674. The van der Waals surface area contributed by atoms with Gasteiger partial charge in [0.1, 0.15) is 15.4 Å². The summed E-state index contributed by atoms with van der Waals surface area (Å²) in [5.41, 5.74) is 6.01. The molecule has 6 heteroatoms. The first-order chi connectivity index (χ1) is 8.25. The molecule has 2 heterocycles. The average molecular weight is 271 g/mol. The molecule has 0 saturated heterocycles. The highest BCUT2D eigenvalue weighted by molar-refractivity contribution is 7.15. The van der Waals surface area contributed by atoms with E-state index in [4.69, 9.17) is 17.3 Å². The van der Waals surface area contributed by atoms with E-state index in [1.807, 2.05) is 0 Å². The Bertz CT molecular complexity index is 438. The highest BCUT2D eigenvalue weighted by atomic mass is 35.5. The summed E-state index contributed by atoms with van der Waals surface area (Å²) in [7, 11) is 0. The molecule has 1 aromatic heterocycles. The molecular weight excluding hydrogens is 256 g/mol. The summed E-state index contributed by atoms with van der Waals surface area (Å²) in [5, 5.41) is 1.03. The highest BCUT2D eigenvalue weighted by Gasteiger charge is 2.36. The molecule has 0 radical (unpaired) electrons. The van der Waals surface area contributed by atoms with E-state index in [2.05, 4.69) is 14.9 Å². The predicted molar refractivity (Wildman–Crippen MR) is 70.4 cm³/mol. The van der Waals surface area contributed by atoms with Gasteiger partial charge >= 0.3 is 0 Å². The third-order valence-corrected chi connectivity index (χ3v) is 4.74. The maximum Gasteiger partial charge on any atom is 0.192 e.